The highest BCUT2D eigenvalue weighted by molar-refractivity contribution is 14.1. The van der Waals surface area contributed by atoms with Crippen molar-refractivity contribution in [2.24, 2.45) is 5.92 Å². The Morgan fingerprint density at radius 3 is 2.64 bits per heavy atom. The van der Waals surface area contributed by atoms with Gasteiger partial charge < -0.3 is 4.90 Å². The highest BCUT2D eigenvalue weighted by Crippen LogP contribution is 2.37. The standard InChI is InChI=1S/C11H9Cl2IN2O5S/c12-7-2-9(10(16(18)19)3-8(7)14)15-4-6(1-11(15)17)5-22(13,20)21/h2-3,6H,1,4-5H2. The van der Waals surface area contributed by atoms with E-state index in [1.54, 1.807) is 0 Å². The molecule has 1 aliphatic rings. The van der Waals surface area contributed by atoms with E-state index in [2.05, 4.69) is 0 Å². The number of carbonyl (C=O) groups excluding carboxylic acids is 1. The first-order valence-electron chi connectivity index (χ1n) is 5.94. The molecule has 0 radical (unpaired) electrons. The van der Waals surface area contributed by atoms with Crippen LogP contribution in [0.15, 0.2) is 12.1 Å². The Kier molecular flexibility index (Phi) is 5.20. The first-order valence-corrected chi connectivity index (χ1v) is 9.88. The molecule has 1 aromatic carbocycles. The molecule has 0 aliphatic carbocycles. The third kappa shape index (κ3) is 4.00. The number of carbonyl (C=O) groups is 1. The zero-order valence-electron chi connectivity index (χ0n) is 10.8. The van der Waals surface area contributed by atoms with Crippen molar-refractivity contribution in [3.05, 3.63) is 30.8 Å². The highest BCUT2D eigenvalue weighted by atomic mass is 127. The summed E-state index contributed by atoms with van der Waals surface area (Å²) in [4.78, 5) is 23.8. The van der Waals surface area contributed by atoms with Gasteiger partial charge in [-0.15, -0.1) is 0 Å². The molecule has 7 nitrogen and oxygen atoms in total. The molecule has 1 aromatic rings. The molecule has 1 unspecified atom stereocenters. The molecule has 1 heterocycles. The number of hydrogen-bond donors (Lipinski definition) is 0. The summed E-state index contributed by atoms with van der Waals surface area (Å²) < 4.78 is 22.7. The summed E-state index contributed by atoms with van der Waals surface area (Å²) in [5.74, 6) is -1.26. The van der Waals surface area contributed by atoms with Gasteiger partial charge in [-0.1, -0.05) is 11.6 Å². The van der Waals surface area contributed by atoms with Crippen molar-refractivity contribution in [1.29, 1.82) is 0 Å². The molecule has 1 aliphatic heterocycles. The Bertz CT molecular complexity index is 755. The number of nitrogens with zero attached hydrogens (tertiary/aromatic N) is 2. The number of benzene rings is 1. The van der Waals surface area contributed by atoms with E-state index in [0.29, 0.717) is 3.57 Å². The largest absolute Gasteiger partial charge is 0.306 e. The van der Waals surface area contributed by atoms with E-state index >= 15 is 0 Å². The maximum atomic E-state index is 12.1. The van der Waals surface area contributed by atoms with Crippen molar-refractivity contribution >= 4 is 71.2 Å². The van der Waals surface area contributed by atoms with E-state index in [-0.39, 0.29) is 35.1 Å². The number of nitro benzene ring substituents is 1. The van der Waals surface area contributed by atoms with Crippen LogP contribution in [0.2, 0.25) is 5.02 Å². The second-order valence-corrected chi connectivity index (χ2v) is 9.18. The molecule has 0 bridgehead atoms. The Balaban J connectivity index is 2.38. The molecule has 120 valence electrons. The van der Waals surface area contributed by atoms with Gasteiger partial charge in [0.1, 0.15) is 5.69 Å². The van der Waals surface area contributed by atoms with Gasteiger partial charge in [0.05, 0.1) is 15.7 Å². The summed E-state index contributed by atoms with van der Waals surface area (Å²) in [6.45, 7) is 0.0442. The average molecular weight is 479 g/mol. The van der Waals surface area contributed by atoms with Crippen LogP contribution in [-0.4, -0.2) is 31.5 Å². The average Bonchev–Trinajstić information content (AvgIpc) is 2.70. The molecule has 1 atom stereocenters. The van der Waals surface area contributed by atoms with Gasteiger partial charge in [0, 0.05) is 39.2 Å². The van der Waals surface area contributed by atoms with Crippen LogP contribution in [0.1, 0.15) is 6.42 Å². The quantitative estimate of drug-likeness (QED) is 0.287. The van der Waals surface area contributed by atoms with Crippen molar-refractivity contribution in [3.63, 3.8) is 0 Å². The lowest BCUT2D eigenvalue weighted by Gasteiger charge is -2.17. The van der Waals surface area contributed by atoms with Gasteiger partial charge >= 0.3 is 0 Å². The Morgan fingerprint density at radius 1 is 1.45 bits per heavy atom. The van der Waals surface area contributed by atoms with Gasteiger partial charge in [-0.25, -0.2) is 8.42 Å². The number of anilines is 1. The third-order valence-corrected chi connectivity index (χ3v) is 5.92. The summed E-state index contributed by atoms with van der Waals surface area (Å²) in [5.41, 5.74) is -0.189. The van der Waals surface area contributed by atoms with E-state index in [9.17, 15) is 23.3 Å². The summed E-state index contributed by atoms with van der Waals surface area (Å²) in [6, 6.07) is 2.62. The zero-order valence-corrected chi connectivity index (χ0v) is 15.3. The van der Waals surface area contributed by atoms with Crippen LogP contribution < -0.4 is 4.90 Å². The number of halogens is 3. The van der Waals surface area contributed by atoms with Crippen LogP contribution >= 0.6 is 44.9 Å². The Morgan fingerprint density at radius 2 is 2.09 bits per heavy atom. The number of nitro groups is 1. The number of hydrogen-bond acceptors (Lipinski definition) is 5. The van der Waals surface area contributed by atoms with Crippen LogP contribution in [0.3, 0.4) is 0 Å². The monoisotopic (exact) mass is 478 g/mol. The highest BCUT2D eigenvalue weighted by Gasteiger charge is 2.36. The van der Waals surface area contributed by atoms with Gasteiger partial charge in [-0.2, -0.15) is 0 Å². The second kappa shape index (κ2) is 6.46. The fourth-order valence-corrected chi connectivity index (χ4v) is 4.23. The fraction of sp³-hybridized carbons (Fsp3) is 0.364. The van der Waals surface area contributed by atoms with Crippen LogP contribution in [0.5, 0.6) is 0 Å². The fourth-order valence-electron chi connectivity index (χ4n) is 2.30. The summed E-state index contributed by atoms with van der Waals surface area (Å²) in [5, 5.41) is 11.4. The molecule has 1 amide bonds. The second-order valence-electron chi connectivity index (χ2n) is 4.79. The minimum absolute atomic E-state index is 0.0350. The minimum Gasteiger partial charge on any atom is -0.306 e. The van der Waals surface area contributed by atoms with Crippen LogP contribution in [0.4, 0.5) is 11.4 Å². The molecule has 0 aromatic heterocycles. The van der Waals surface area contributed by atoms with E-state index in [1.165, 1.54) is 17.0 Å². The van der Waals surface area contributed by atoms with Crippen LogP contribution in [0.25, 0.3) is 0 Å². The summed E-state index contributed by atoms with van der Waals surface area (Å²) in [7, 11) is 1.45. The third-order valence-electron chi connectivity index (χ3n) is 3.14. The van der Waals surface area contributed by atoms with E-state index < -0.39 is 25.8 Å². The maximum Gasteiger partial charge on any atom is 0.294 e. The molecule has 1 saturated heterocycles. The van der Waals surface area contributed by atoms with Crippen molar-refractivity contribution < 1.29 is 18.1 Å². The lowest BCUT2D eigenvalue weighted by Crippen LogP contribution is -2.26. The van der Waals surface area contributed by atoms with Crippen molar-refractivity contribution in [2.45, 2.75) is 6.42 Å². The van der Waals surface area contributed by atoms with Gasteiger partial charge in [0.2, 0.25) is 15.0 Å². The summed E-state index contributed by atoms with van der Waals surface area (Å²) >= 11 is 7.83. The molecule has 0 spiro atoms. The first kappa shape index (κ1) is 17.7. The molecule has 1 fully saturated rings. The van der Waals surface area contributed by atoms with Crippen molar-refractivity contribution in [1.82, 2.24) is 0 Å². The first-order chi connectivity index (χ1) is 10.1. The van der Waals surface area contributed by atoms with E-state index in [4.69, 9.17) is 22.3 Å². The molecule has 11 heteroatoms. The van der Waals surface area contributed by atoms with Gasteiger partial charge in [0.15, 0.2) is 0 Å². The maximum absolute atomic E-state index is 12.1. The van der Waals surface area contributed by atoms with Crippen LogP contribution in [0, 0.1) is 19.6 Å². The molecule has 0 saturated carbocycles. The number of amides is 1. The molecular formula is C11H9Cl2IN2O5S. The molecule has 22 heavy (non-hydrogen) atoms. The topological polar surface area (TPSA) is 97.6 Å². The molecule has 0 N–H and O–H groups in total. The molecule has 2 rings (SSSR count). The zero-order chi connectivity index (χ0) is 16.7. The predicted molar refractivity (Wildman–Crippen MR) is 90.9 cm³/mol. The SMILES string of the molecule is O=C1CC(CS(=O)(=O)Cl)CN1c1cc(Cl)c(I)cc1[N+](=O)[O-]. The van der Waals surface area contributed by atoms with Crippen molar-refractivity contribution in [2.75, 3.05) is 17.2 Å². The van der Waals surface area contributed by atoms with Gasteiger partial charge in [-0.3, -0.25) is 14.9 Å². The molecular weight excluding hydrogens is 470 g/mol. The summed E-state index contributed by atoms with van der Waals surface area (Å²) in [6.07, 6.45) is -0.0350. The number of rotatable bonds is 4. The normalized spacial score (nSPS) is 18.8. The van der Waals surface area contributed by atoms with Crippen LogP contribution in [-0.2, 0) is 13.8 Å². The smallest absolute Gasteiger partial charge is 0.294 e. The van der Waals surface area contributed by atoms with Crippen molar-refractivity contribution in [3.8, 4) is 0 Å². The Labute approximate surface area is 149 Å². The minimum atomic E-state index is -3.75. The lowest BCUT2D eigenvalue weighted by atomic mass is 10.1. The lowest BCUT2D eigenvalue weighted by molar-refractivity contribution is -0.384. The van der Waals surface area contributed by atoms with E-state index in [1.807, 2.05) is 22.6 Å². The van der Waals surface area contributed by atoms with Gasteiger partial charge in [-0.05, 0) is 28.7 Å². The Hall–Kier alpha value is -0.650. The van der Waals surface area contributed by atoms with E-state index in [0.717, 1.165) is 0 Å². The van der Waals surface area contributed by atoms with Gasteiger partial charge in [0.25, 0.3) is 5.69 Å². The predicted octanol–water partition coefficient (Wildman–Crippen LogP) is 2.77.